The SMILES string of the molecule is O=C1[C@@H]2[C@H]3C[C@H]([C@H]4ON=C(c5ccc(Cl)cc5Cl)[C@@H]34)[C@@H]2C(=O)N1c1ccc2c(c1)OCO2. The van der Waals surface area contributed by atoms with Gasteiger partial charge in [0, 0.05) is 28.5 Å². The lowest BCUT2D eigenvalue weighted by molar-refractivity contribution is -0.125. The van der Waals surface area contributed by atoms with E-state index in [-0.39, 0.29) is 42.5 Å². The van der Waals surface area contributed by atoms with Crippen LogP contribution in [-0.2, 0) is 14.4 Å². The summed E-state index contributed by atoms with van der Waals surface area (Å²) in [4.78, 5) is 34.1. The van der Waals surface area contributed by atoms with Crippen LogP contribution in [0.4, 0.5) is 5.69 Å². The molecule has 2 aromatic rings. The van der Waals surface area contributed by atoms with Crippen molar-refractivity contribution in [2.24, 2.45) is 34.7 Å². The topological polar surface area (TPSA) is 77.4 Å². The van der Waals surface area contributed by atoms with Crippen molar-refractivity contribution in [1.82, 2.24) is 0 Å². The molecule has 3 aliphatic heterocycles. The number of amides is 2. The van der Waals surface area contributed by atoms with Gasteiger partial charge >= 0.3 is 0 Å². The molecule has 7 nitrogen and oxygen atoms in total. The molecule has 0 radical (unpaired) electrons. The van der Waals surface area contributed by atoms with Crippen LogP contribution in [0.3, 0.4) is 0 Å². The van der Waals surface area contributed by atoms with Gasteiger partial charge in [0.25, 0.3) is 0 Å². The molecule has 9 heteroatoms. The monoisotopic (exact) mass is 470 g/mol. The summed E-state index contributed by atoms with van der Waals surface area (Å²) >= 11 is 12.5. The van der Waals surface area contributed by atoms with Gasteiger partial charge in [0.05, 0.1) is 28.3 Å². The summed E-state index contributed by atoms with van der Waals surface area (Å²) in [6.45, 7) is 0.131. The van der Waals surface area contributed by atoms with E-state index in [9.17, 15) is 9.59 Å². The smallest absolute Gasteiger partial charge is 0.238 e. The van der Waals surface area contributed by atoms with E-state index < -0.39 is 11.8 Å². The molecule has 5 aliphatic rings. The number of halogens is 2. The van der Waals surface area contributed by atoms with Crippen LogP contribution in [-0.4, -0.2) is 30.4 Å². The number of imide groups is 1. The highest BCUT2D eigenvalue weighted by molar-refractivity contribution is 6.37. The standard InChI is InChI=1S/C23H16Cl2N2O5/c24-9-1-3-11(14(25)5-9)20-19-12-7-13(21(19)32-26-20)18-17(12)22(28)27(23(18)29)10-2-4-15-16(6-10)31-8-30-15/h1-6,12-13,17-19,21H,7-8H2/t12-,13+,17-,18+,19-,21-/m1/s1. The molecule has 0 spiro atoms. The van der Waals surface area contributed by atoms with E-state index in [4.69, 9.17) is 37.5 Å². The number of fused-ring (bicyclic) bond motifs is 9. The third kappa shape index (κ3) is 2.30. The van der Waals surface area contributed by atoms with E-state index in [0.29, 0.717) is 27.2 Å². The first kappa shape index (κ1) is 18.8. The summed E-state index contributed by atoms with van der Waals surface area (Å²) < 4.78 is 10.8. The molecule has 6 atom stereocenters. The molecular weight excluding hydrogens is 455 g/mol. The van der Waals surface area contributed by atoms with Crippen molar-refractivity contribution in [3.05, 3.63) is 52.0 Å². The Morgan fingerprint density at radius 2 is 1.69 bits per heavy atom. The number of hydrogen-bond acceptors (Lipinski definition) is 6. The van der Waals surface area contributed by atoms with Crippen LogP contribution >= 0.6 is 23.2 Å². The molecule has 2 saturated carbocycles. The van der Waals surface area contributed by atoms with E-state index in [2.05, 4.69) is 5.16 Å². The molecule has 2 aliphatic carbocycles. The van der Waals surface area contributed by atoms with Gasteiger partial charge in [-0.15, -0.1) is 0 Å². The fraction of sp³-hybridized carbons (Fsp3) is 0.348. The Balaban J connectivity index is 1.24. The zero-order valence-electron chi connectivity index (χ0n) is 16.5. The minimum atomic E-state index is -0.394. The predicted octanol–water partition coefficient (Wildman–Crippen LogP) is 3.90. The van der Waals surface area contributed by atoms with Gasteiger partial charge in [-0.1, -0.05) is 34.4 Å². The molecule has 7 rings (SSSR count). The van der Waals surface area contributed by atoms with Gasteiger partial charge < -0.3 is 14.3 Å². The van der Waals surface area contributed by atoms with E-state index >= 15 is 0 Å². The molecule has 162 valence electrons. The molecule has 32 heavy (non-hydrogen) atoms. The van der Waals surface area contributed by atoms with Crippen molar-refractivity contribution in [3.63, 3.8) is 0 Å². The fourth-order valence-electron chi connectivity index (χ4n) is 6.32. The number of carbonyl (C=O) groups is 2. The Labute approximate surface area is 192 Å². The molecule has 1 saturated heterocycles. The van der Waals surface area contributed by atoms with Crippen LogP contribution in [0, 0.1) is 29.6 Å². The van der Waals surface area contributed by atoms with E-state index in [1.165, 1.54) is 4.90 Å². The molecule has 0 N–H and O–H groups in total. The maximum atomic E-state index is 13.5. The summed E-state index contributed by atoms with van der Waals surface area (Å²) in [6.07, 6.45) is 0.540. The van der Waals surface area contributed by atoms with Crippen molar-refractivity contribution < 1.29 is 23.9 Å². The minimum absolute atomic E-state index is 0.0292. The number of rotatable bonds is 2. The minimum Gasteiger partial charge on any atom is -0.454 e. The first-order valence-corrected chi connectivity index (χ1v) is 11.2. The van der Waals surface area contributed by atoms with Crippen molar-refractivity contribution in [1.29, 1.82) is 0 Å². The first-order valence-electron chi connectivity index (χ1n) is 10.5. The second kappa shape index (κ2) is 6.39. The summed E-state index contributed by atoms with van der Waals surface area (Å²) in [5, 5.41) is 5.37. The van der Waals surface area contributed by atoms with E-state index in [0.717, 1.165) is 17.7 Å². The summed E-state index contributed by atoms with van der Waals surface area (Å²) in [6, 6.07) is 10.4. The maximum Gasteiger partial charge on any atom is 0.238 e. The van der Waals surface area contributed by atoms with Crippen molar-refractivity contribution in [3.8, 4) is 11.5 Å². The molecule has 3 heterocycles. The summed E-state index contributed by atoms with van der Waals surface area (Å²) in [5.41, 5.74) is 2.01. The second-order valence-electron chi connectivity index (χ2n) is 8.86. The van der Waals surface area contributed by atoms with Crippen LogP contribution in [0.1, 0.15) is 12.0 Å². The maximum absolute atomic E-state index is 13.5. The van der Waals surface area contributed by atoms with Crippen molar-refractivity contribution in [2.75, 3.05) is 11.7 Å². The fourth-order valence-corrected chi connectivity index (χ4v) is 6.83. The lowest BCUT2D eigenvalue weighted by Gasteiger charge is -2.30. The quantitative estimate of drug-likeness (QED) is 0.622. The number of ether oxygens (including phenoxy) is 2. The van der Waals surface area contributed by atoms with Gasteiger partial charge in [-0.25, -0.2) is 4.90 Å². The van der Waals surface area contributed by atoms with Gasteiger partial charge in [0.1, 0.15) is 6.10 Å². The molecule has 0 aromatic heterocycles. The van der Waals surface area contributed by atoms with Crippen LogP contribution < -0.4 is 14.4 Å². The number of benzene rings is 2. The van der Waals surface area contributed by atoms with E-state index in [1.54, 1.807) is 30.3 Å². The lowest BCUT2D eigenvalue weighted by atomic mass is 9.71. The average Bonchev–Trinajstić information content (AvgIpc) is 3.55. The molecule has 0 unspecified atom stereocenters. The Morgan fingerprint density at radius 1 is 0.906 bits per heavy atom. The molecule has 2 aromatic carbocycles. The lowest BCUT2D eigenvalue weighted by Crippen LogP contribution is -2.41. The van der Waals surface area contributed by atoms with Crippen molar-refractivity contribution >= 4 is 46.4 Å². The van der Waals surface area contributed by atoms with Crippen LogP contribution in [0.2, 0.25) is 10.0 Å². The van der Waals surface area contributed by atoms with Gasteiger partial charge in [-0.05, 0) is 36.6 Å². The first-order chi connectivity index (χ1) is 15.5. The predicted molar refractivity (Wildman–Crippen MR) is 115 cm³/mol. The second-order valence-corrected chi connectivity index (χ2v) is 9.70. The molecule has 2 bridgehead atoms. The highest BCUT2D eigenvalue weighted by Gasteiger charge is 2.70. The number of nitrogens with zero attached hydrogens (tertiary/aromatic N) is 2. The van der Waals surface area contributed by atoms with Gasteiger partial charge in [-0.3, -0.25) is 9.59 Å². The Kier molecular flexibility index (Phi) is 3.75. The van der Waals surface area contributed by atoms with Crippen LogP contribution in [0.15, 0.2) is 41.6 Å². The van der Waals surface area contributed by atoms with Crippen LogP contribution in [0.25, 0.3) is 0 Å². The third-order valence-corrected chi connectivity index (χ3v) is 8.06. The number of oxime groups is 1. The zero-order valence-corrected chi connectivity index (χ0v) is 18.0. The molecular formula is C23H16Cl2N2O5. The molecule has 3 fully saturated rings. The zero-order chi connectivity index (χ0) is 21.7. The summed E-state index contributed by atoms with van der Waals surface area (Å²) in [7, 11) is 0. The highest BCUT2D eigenvalue weighted by atomic mass is 35.5. The average molecular weight is 471 g/mol. The van der Waals surface area contributed by atoms with Gasteiger partial charge in [0.15, 0.2) is 11.5 Å². The molecule has 2 amide bonds. The third-order valence-electron chi connectivity index (χ3n) is 7.51. The normalized spacial score (nSPS) is 33.4. The van der Waals surface area contributed by atoms with Gasteiger partial charge in [-0.2, -0.15) is 0 Å². The van der Waals surface area contributed by atoms with Gasteiger partial charge in [0.2, 0.25) is 18.6 Å². The Hall–Kier alpha value is -2.77. The Bertz CT molecular complexity index is 1250. The van der Waals surface area contributed by atoms with E-state index in [1.807, 2.05) is 6.07 Å². The number of anilines is 1. The van der Waals surface area contributed by atoms with Crippen LogP contribution in [0.5, 0.6) is 11.5 Å². The highest BCUT2D eigenvalue weighted by Crippen LogP contribution is 2.62. The van der Waals surface area contributed by atoms with Crippen molar-refractivity contribution in [2.45, 2.75) is 12.5 Å². The largest absolute Gasteiger partial charge is 0.454 e. The number of hydrogen-bond donors (Lipinski definition) is 0. The Morgan fingerprint density at radius 3 is 2.50 bits per heavy atom. The summed E-state index contributed by atoms with van der Waals surface area (Å²) in [5.74, 6) is -0.146. The number of carbonyl (C=O) groups excluding carboxylic acids is 2.